The summed E-state index contributed by atoms with van der Waals surface area (Å²) in [5.41, 5.74) is 8.54. The molecule has 8 aromatic rings. The standard InChI is InChI=1S/C48H41ClN6O/c1-3-16-45-50-34(2)44(32-36-17-15-24-41(49)31-36)47(56)54(45)33-35-27-29-37(30-28-35)42-25-13-14-26-43(42)46-51-52-53-55(46)48(38-18-7-4-8-19-38,39-20-9-5-10-21-39)40-22-11-6-12-23-40/h4-15,17-31H,3,16,32-33H2,1-2H3. The number of benzene rings is 6. The molecule has 2 heterocycles. The van der Waals surface area contributed by atoms with Crippen molar-refractivity contribution < 1.29 is 0 Å². The molecule has 0 saturated heterocycles. The number of hydrogen-bond acceptors (Lipinski definition) is 5. The topological polar surface area (TPSA) is 78.5 Å². The first-order chi connectivity index (χ1) is 27.5. The molecule has 0 atom stereocenters. The maximum atomic E-state index is 14.1. The van der Waals surface area contributed by atoms with Crippen molar-refractivity contribution in [3.63, 3.8) is 0 Å². The lowest BCUT2D eigenvalue weighted by Crippen LogP contribution is -2.39. The van der Waals surface area contributed by atoms with Crippen LogP contribution in [0, 0.1) is 6.92 Å². The smallest absolute Gasteiger partial charge is 0.257 e. The van der Waals surface area contributed by atoms with Crippen LogP contribution in [-0.4, -0.2) is 29.8 Å². The predicted molar refractivity (Wildman–Crippen MR) is 224 cm³/mol. The number of aryl methyl sites for hydroxylation is 2. The van der Waals surface area contributed by atoms with Crippen LogP contribution in [0.25, 0.3) is 22.5 Å². The number of tetrazole rings is 1. The zero-order valence-electron chi connectivity index (χ0n) is 31.4. The fourth-order valence-electron chi connectivity index (χ4n) is 7.78. The van der Waals surface area contributed by atoms with E-state index in [1.165, 1.54) is 0 Å². The van der Waals surface area contributed by atoms with E-state index < -0.39 is 5.54 Å². The Kier molecular flexibility index (Phi) is 10.5. The highest BCUT2D eigenvalue weighted by Gasteiger charge is 2.42. The van der Waals surface area contributed by atoms with Gasteiger partial charge in [0.25, 0.3) is 5.56 Å². The van der Waals surface area contributed by atoms with Crippen LogP contribution in [0.4, 0.5) is 0 Å². The summed E-state index contributed by atoms with van der Waals surface area (Å²) in [5.74, 6) is 1.43. The van der Waals surface area contributed by atoms with Crippen molar-refractivity contribution in [3.05, 3.63) is 224 Å². The Morgan fingerprint density at radius 3 is 1.84 bits per heavy atom. The van der Waals surface area contributed by atoms with Gasteiger partial charge in [-0.1, -0.05) is 170 Å². The van der Waals surface area contributed by atoms with Crippen LogP contribution in [0.1, 0.15) is 58.2 Å². The zero-order valence-corrected chi connectivity index (χ0v) is 32.1. The monoisotopic (exact) mass is 752 g/mol. The van der Waals surface area contributed by atoms with Crippen LogP contribution in [0.2, 0.25) is 5.02 Å². The Balaban J connectivity index is 1.20. The molecule has 0 N–H and O–H groups in total. The molecule has 2 aromatic heterocycles. The summed E-state index contributed by atoms with van der Waals surface area (Å²) in [6.45, 7) is 4.45. The average Bonchev–Trinajstić information content (AvgIpc) is 3.73. The van der Waals surface area contributed by atoms with E-state index in [0.29, 0.717) is 35.8 Å². The molecular weight excluding hydrogens is 712 g/mol. The molecule has 8 heteroatoms. The van der Waals surface area contributed by atoms with Gasteiger partial charge in [-0.15, -0.1) is 5.10 Å². The van der Waals surface area contributed by atoms with E-state index in [0.717, 1.165) is 62.4 Å². The highest BCUT2D eigenvalue weighted by atomic mass is 35.5. The summed E-state index contributed by atoms with van der Waals surface area (Å²) < 4.78 is 3.80. The Hall–Kier alpha value is -6.44. The minimum Gasteiger partial charge on any atom is -0.292 e. The largest absolute Gasteiger partial charge is 0.292 e. The zero-order chi connectivity index (χ0) is 38.5. The average molecular weight is 753 g/mol. The van der Waals surface area contributed by atoms with Crippen LogP contribution >= 0.6 is 11.6 Å². The quantitative estimate of drug-likeness (QED) is 0.116. The first-order valence-corrected chi connectivity index (χ1v) is 19.3. The fourth-order valence-corrected chi connectivity index (χ4v) is 7.99. The third-order valence-electron chi connectivity index (χ3n) is 10.4. The van der Waals surface area contributed by atoms with E-state index in [9.17, 15) is 4.79 Å². The first-order valence-electron chi connectivity index (χ1n) is 18.9. The SMILES string of the molecule is CCCc1nc(C)c(Cc2cccc(Cl)c2)c(=O)n1Cc1ccc(-c2ccccc2-c2nnnn2C(c2ccccc2)(c2ccccc2)c2ccccc2)cc1. The molecule has 0 bridgehead atoms. The molecule has 0 amide bonds. The normalized spacial score (nSPS) is 11.5. The van der Waals surface area contributed by atoms with Crippen molar-refractivity contribution in [1.29, 1.82) is 0 Å². The number of aromatic nitrogens is 6. The minimum absolute atomic E-state index is 0.0130. The summed E-state index contributed by atoms with van der Waals surface area (Å²) in [6.07, 6.45) is 2.07. The Morgan fingerprint density at radius 2 is 1.25 bits per heavy atom. The maximum Gasteiger partial charge on any atom is 0.257 e. The highest BCUT2D eigenvalue weighted by molar-refractivity contribution is 6.30. The van der Waals surface area contributed by atoms with Gasteiger partial charge >= 0.3 is 0 Å². The van der Waals surface area contributed by atoms with Gasteiger partial charge in [0.05, 0.1) is 6.54 Å². The van der Waals surface area contributed by atoms with Crippen LogP contribution in [-0.2, 0) is 24.9 Å². The Labute approximate surface area is 331 Å². The van der Waals surface area contributed by atoms with E-state index >= 15 is 0 Å². The van der Waals surface area contributed by atoms with E-state index in [4.69, 9.17) is 26.9 Å². The predicted octanol–water partition coefficient (Wildman–Crippen LogP) is 9.96. The highest BCUT2D eigenvalue weighted by Crippen LogP contribution is 2.43. The lowest BCUT2D eigenvalue weighted by Gasteiger charge is -2.36. The molecule has 8 rings (SSSR count). The van der Waals surface area contributed by atoms with Crippen molar-refractivity contribution in [2.45, 2.75) is 45.2 Å². The molecule has 0 spiro atoms. The molecule has 0 aliphatic rings. The summed E-state index contributed by atoms with van der Waals surface area (Å²) in [7, 11) is 0. The van der Waals surface area contributed by atoms with Crippen molar-refractivity contribution in [2.24, 2.45) is 0 Å². The van der Waals surface area contributed by atoms with Crippen LogP contribution in [0.5, 0.6) is 0 Å². The fraction of sp³-hybridized carbons (Fsp3) is 0.146. The second kappa shape index (κ2) is 16.1. The summed E-state index contributed by atoms with van der Waals surface area (Å²) >= 11 is 6.29. The van der Waals surface area contributed by atoms with Crippen molar-refractivity contribution in [1.82, 2.24) is 29.8 Å². The Morgan fingerprint density at radius 1 is 0.661 bits per heavy atom. The Bertz CT molecular complexity index is 2540. The lowest BCUT2D eigenvalue weighted by molar-refractivity contribution is 0.451. The third kappa shape index (κ3) is 6.98. The summed E-state index contributed by atoms with van der Waals surface area (Å²) in [5, 5.41) is 14.5. The maximum absolute atomic E-state index is 14.1. The molecule has 0 unspecified atom stereocenters. The molecular formula is C48H41ClN6O. The minimum atomic E-state index is -0.878. The van der Waals surface area contributed by atoms with Crippen molar-refractivity contribution in [3.8, 4) is 22.5 Å². The van der Waals surface area contributed by atoms with Crippen LogP contribution in [0.3, 0.4) is 0 Å². The second-order valence-electron chi connectivity index (χ2n) is 14.0. The summed E-state index contributed by atoms with van der Waals surface area (Å²) in [6, 6.07) is 55.6. The molecule has 7 nitrogen and oxygen atoms in total. The number of hydrogen-bond donors (Lipinski definition) is 0. The van der Waals surface area contributed by atoms with Crippen molar-refractivity contribution >= 4 is 11.6 Å². The first kappa shape index (κ1) is 36.5. The lowest BCUT2D eigenvalue weighted by atomic mass is 9.77. The number of halogens is 1. The molecule has 56 heavy (non-hydrogen) atoms. The van der Waals surface area contributed by atoms with Gasteiger partial charge in [-0.3, -0.25) is 9.36 Å². The molecule has 0 saturated carbocycles. The molecule has 276 valence electrons. The summed E-state index contributed by atoms with van der Waals surface area (Å²) in [4.78, 5) is 19.1. The van der Waals surface area contributed by atoms with Gasteiger partial charge in [-0.2, -0.15) is 0 Å². The van der Waals surface area contributed by atoms with Crippen LogP contribution in [0.15, 0.2) is 169 Å². The van der Waals surface area contributed by atoms with Gasteiger partial charge in [0, 0.05) is 34.7 Å². The van der Waals surface area contributed by atoms with Gasteiger partial charge in [0.15, 0.2) is 5.82 Å². The number of rotatable bonds is 12. The second-order valence-corrected chi connectivity index (χ2v) is 14.4. The van der Waals surface area contributed by atoms with Gasteiger partial charge in [-0.25, -0.2) is 9.67 Å². The van der Waals surface area contributed by atoms with Crippen LogP contribution < -0.4 is 5.56 Å². The van der Waals surface area contributed by atoms with Gasteiger partial charge < -0.3 is 0 Å². The van der Waals surface area contributed by atoms with E-state index in [1.54, 1.807) is 0 Å². The van der Waals surface area contributed by atoms with Crippen molar-refractivity contribution in [2.75, 3.05) is 0 Å². The number of nitrogens with zero attached hydrogens (tertiary/aromatic N) is 6. The third-order valence-corrected chi connectivity index (χ3v) is 10.7. The van der Waals surface area contributed by atoms with Gasteiger partial charge in [0.1, 0.15) is 11.4 Å². The van der Waals surface area contributed by atoms with Gasteiger partial charge in [0.2, 0.25) is 0 Å². The molecule has 6 aromatic carbocycles. The van der Waals surface area contributed by atoms with E-state index in [1.807, 2.05) is 70.8 Å². The van der Waals surface area contributed by atoms with Gasteiger partial charge in [-0.05, 0) is 74.8 Å². The van der Waals surface area contributed by atoms with E-state index in [-0.39, 0.29) is 5.56 Å². The molecule has 0 aliphatic carbocycles. The van der Waals surface area contributed by atoms with E-state index in [2.05, 4.69) is 121 Å². The molecule has 0 radical (unpaired) electrons. The molecule has 0 aliphatic heterocycles. The molecule has 0 fully saturated rings.